The lowest BCUT2D eigenvalue weighted by Crippen LogP contribution is -2.47. The third-order valence-electron chi connectivity index (χ3n) is 3.52. The van der Waals surface area contributed by atoms with Crippen LogP contribution in [-0.4, -0.2) is 26.2 Å². The van der Waals surface area contributed by atoms with Crippen molar-refractivity contribution >= 4 is 33.2 Å². The highest BCUT2D eigenvalue weighted by Crippen LogP contribution is 2.32. The van der Waals surface area contributed by atoms with Crippen molar-refractivity contribution in [2.45, 2.75) is 19.4 Å². The minimum absolute atomic E-state index is 0.622. The topological polar surface area (TPSA) is 15.3 Å². The van der Waals surface area contributed by atoms with E-state index >= 15 is 0 Å². The van der Waals surface area contributed by atoms with Gasteiger partial charge in [0.15, 0.2) is 0 Å². The van der Waals surface area contributed by atoms with Gasteiger partial charge in [-0.05, 0) is 37.6 Å². The summed E-state index contributed by atoms with van der Waals surface area (Å²) in [4.78, 5) is 2.38. The van der Waals surface area contributed by atoms with E-state index in [0.29, 0.717) is 12.0 Å². The molecule has 1 aromatic carbocycles. The van der Waals surface area contributed by atoms with E-state index in [4.69, 9.17) is 11.6 Å². The van der Waals surface area contributed by atoms with Gasteiger partial charge < -0.3 is 10.2 Å². The molecule has 2 atom stereocenters. The summed E-state index contributed by atoms with van der Waals surface area (Å²) in [5.74, 6) is 0.642. The Balaban J connectivity index is 2.16. The largest absolute Gasteiger partial charge is 0.370 e. The molecule has 1 aromatic rings. The molecule has 2 rings (SSSR count). The van der Waals surface area contributed by atoms with Gasteiger partial charge in [0.05, 0.1) is 10.7 Å². The number of rotatable bonds is 2. The second-order valence-electron chi connectivity index (χ2n) is 4.70. The van der Waals surface area contributed by atoms with Gasteiger partial charge in [-0.2, -0.15) is 0 Å². The van der Waals surface area contributed by atoms with Crippen LogP contribution in [0.25, 0.3) is 0 Å². The molecule has 4 heteroatoms. The minimum atomic E-state index is 0.622. The molecule has 2 unspecified atom stereocenters. The van der Waals surface area contributed by atoms with Crippen LogP contribution in [0, 0.1) is 5.92 Å². The zero-order chi connectivity index (χ0) is 12.4. The molecule has 0 aromatic heterocycles. The molecule has 0 radical (unpaired) electrons. The van der Waals surface area contributed by atoms with Crippen LogP contribution in [0.5, 0.6) is 0 Å². The fourth-order valence-electron chi connectivity index (χ4n) is 2.52. The summed E-state index contributed by atoms with van der Waals surface area (Å²) in [5, 5.41) is 4.22. The molecule has 1 aliphatic rings. The van der Waals surface area contributed by atoms with Gasteiger partial charge in [-0.15, -0.1) is 0 Å². The highest BCUT2D eigenvalue weighted by atomic mass is 79.9. The lowest BCUT2D eigenvalue weighted by molar-refractivity contribution is 0.339. The molecule has 1 saturated heterocycles. The molecule has 0 bridgehead atoms. The van der Waals surface area contributed by atoms with E-state index in [-0.39, 0.29) is 0 Å². The fourth-order valence-corrected chi connectivity index (χ4v) is 3.11. The van der Waals surface area contributed by atoms with Crippen molar-refractivity contribution in [1.82, 2.24) is 5.32 Å². The van der Waals surface area contributed by atoms with E-state index < -0.39 is 0 Å². The van der Waals surface area contributed by atoms with Crippen LogP contribution >= 0.6 is 27.5 Å². The normalized spacial score (nSPS) is 25.1. The van der Waals surface area contributed by atoms with Gasteiger partial charge in [-0.3, -0.25) is 0 Å². The molecule has 1 N–H and O–H groups in total. The number of halogens is 2. The first-order chi connectivity index (χ1) is 8.11. The molecule has 0 amide bonds. The maximum absolute atomic E-state index is 6.27. The highest BCUT2D eigenvalue weighted by Gasteiger charge is 2.25. The van der Waals surface area contributed by atoms with Crippen LogP contribution in [0.1, 0.15) is 13.3 Å². The van der Waals surface area contributed by atoms with Crippen molar-refractivity contribution in [3.8, 4) is 0 Å². The third-order valence-corrected chi connectivity index (χ3v) is 4.34. The van der Waals surface area contributed by atoms with Crippen LogP contribution in [-0.2, 0) is 0 Å². The summed E-state index contributed by atoms with van der Waals surface area (Å²) >= 11 is 9.78. The van der Waals surface area contributed by atoms with E-state index in [1.165, 1.54) is 6.42 Å². The predicted molar refractivity (Wildman–Crippen MR) is 78.0 cm³/mol. The quantitative estimate of drug-likeness (QED) is 0.897. The van der Waals surface area contributed by atoms with Gasteiger partial charge in [0.25, 0.3) is 0 Å². The Morgan fingerprint density at radius 3 is 2.88 bits per heavy atom. The van der Waals surface area contributed by atoms with E-state index in [1.54, 1.807) is 0 Å². The Morgan fingerprint density at radius 2 is 2.24 bits per heavy atom. The smallest absolute Gasteiger partial charge is 0.0640 e. The number of nitrogens with one attached hydrogen (secondary N) is 1. The van der Waals surface area contributed by atoms with Gasteiger partial charge in [0.1, 0.15) is 0 Å². The summed E-state index contributed by atoms with van der Waals surface area (Å²) in [6.07, 6.45) is 1.17. The summed E-state index contributed by atoms with van der Waals surface area (Å²) in [7, 11) is 2.04. The summed E-state index contributed by atoms with van der Waals surface area (Å²) in [6.45, 7) is 4.41. The lowest BCUT2D eigenvalue weighted by atomic mass is 9.93. The Morgan fingerprint density at radius 1 is 1.47 bits per heavy atom. The Hall–Kier alpha value is -0.250. The third kappa shape index (κ3) is 2.95. The lowest BCUT2D eigenvalue weighted by Gasteiger charge is -2.38. The van der Waals surface area contributed by atoms with Crippen molar-refractivity contribution in [3.63, 3.8) is 0 Å². The van der Waals surface area contributed by atoms with Crippen LogP contribution < -0.4 is 10.2 Å². The van der Waals surface area contributed by atoms with Gasteiger partial charge in [-0.1, -0.05) is 34.5 Å². The van der Waals surface area contributed by atoms with Crippen molar-refractivity contribution < 1.29 is 0 Å². The van der Waals surface area contributed by atoms with Crippen molar-refractivity contribution in [2.24, 2.45) is 5.92 Å². The number of piperidine rings is 1. The van der Waals surface area contributed by atoms with Crippen LogP contribution in [0.15, 0.2) is 22.7 Å². The fraction of sp³-hybridized carbons (Fsp3) is 0.538. The van der Waals surface area contributed by atoms with Crippen LogP contribution in [0.2, 0.25) is 5.02 Å². The first-order valence-electron chi connectivity index (χ1n) is 5.99. The van der Waals surface area contributed by atoms with E-state index in [1.807, 2.05) is 19.2 Å². The number of anilines is 1. The molecule has 1 aliphatic heterocycles. The van der Waals surface area contributed by atoms with Crippen LogP contribution in [0.3, 0.4) is 0 Å². The Labute approximate surface area is 116 Å². The van der Waals surface area contributed by atoms with Crippen molar-refractivity contribution in [3.05, 3.63) is 27.7 Å². The molecule has 2 nitrogen and oxygen atoms in total. The summed E-state index contributed by atoms with van der Waals surface area (Å²) < 4.78 is 1.08. The minimum Gasteiger partial charge on any atom is -0.370 e. The average molecular weight is 318 g/mol. The molecular formula is C13H18BrClN2. The first-order valence-corrected chi connectivity index (χ1v) is 7.16. The van der Waals surface area contributed by atoms with Crippen molar-refractivity contribution in [1.29, 1.82) is 0 Å². The van der Waals surface area contributed by atoms with E-state index in [9.17, 15) is 0 Å². The molecule has 0 aliphatic carbocycles. The molecule has 1 fully saturated rings. The van der Waals surface area contributed by atoms with E-state index in [0.717, 1.165) is 28.3 Å². The highest BCUT2D eigenvalue weighted by molar-refractivity contribution is 9.10. The first kappa shape index (κ1) is 13.2. The standard InChI is InChI=1S/C13H18BrClN2/c1-9-8-17(6-5-12(9)16-2)13-7-10(14)3-4-11(13)15/h3-4,7,9,12,16H,5-6,8H2,1-2H3. The van der Waals surface area contributed by atoms with Crippen molar-refractivity contribution in [2.75, 3.05) is 25.0 Å². The molecule has 0 saturated carbocycles. The zero-order valence-electron chi connectivity index (χ0n) is 10.2. The van der Waals surface area contributed by atoms with Gasteiger partial charge in [-0.25, -0.2) is 0 Å². The summed E-state index contributed by atoms with van der Waals surface area (Å²) in [5.41, 5.74) is 1.14. The van der Waals surface area contributed by atoms with Crippen LogP contribution in [0.4, 0.5) is 5.69 Å². The monoisotopic (exact) mass is 316 g/mol. The Kier molecular flexibility index (Phi) is 4.34. The maximum Gasteiger partial charge on any atom is 0.0640 e. The second-order valence-corrected chi connectivity index (χ2v) is 6.03. The molecular weight excluding hydrogens is 300 g/mol. The molecule has 0 spiro atoms. The number of nitrogens with zero attached hydrogens (tertiary/aromatic N) is 1. The number of hydrogen-bond acceptors (Lipinski definition) is 2. The SMILES string of the molecule is CNC1CCN(c2cc(Br)ccc2Cl)CC1C. The van der Waals surface area contributed by atoms with Gasteiger partial charge in [0, 0.05) is 23.6 Å². The van der Waals surface area contributed by atoms with Gasteiger partial charge in [0.2, 0.25) is 0 Å². The number of hydrogen-bond donors (Lipinski definition) is 1. The second kappa shape index (κ2) is 5.59. The molecule has 17 heavy (non-hydrogen) atoms. The average Bonchev–Trinajstić information content (AvgIpc) is 2.32. The molecule has 1 heterocycles. The summed E-state index contributed by atoms with van der Waals surface area (Å²) in [6, 6.07) is 6.66. The zero-order valence-corrected chi connectivity index (χ0v) is 12.6. The molecule has 94 valence electrons. The predicted octanol–water partition coefficient (Wildman–Crippen LogP) is 3.54. The Bertz CT molecular complexity index is 397. The number of benzene rings is 1. The van der Waals surface area contributed by atoms with E-state index in [2.05, 4.69) is 39.1 Å². The maximum atomic E-state index is 6.27. The van der Waals surface area contributed by atoms with Gasteiger partial charge >= 0.3 is 0 Å².